The maximum Gasteiger partial charge on any atom is 0.269 e. The molecule has 0 saturated heterocycles. The van der Waals surface area contributed by atoms with Crippen LogP contribution in [0.4, 0.5) is 0 Å². The standard InChI is InChI=1S/C13H15N3O5S/c1-9-13(10(2)21-14-9)22(19,20)15-11(17)6-8-16-7-4-3-5-12(16)18/h3-5,7H,6,8H2,1-2H3,(H,15,17). The normalized spacial score (nSPS) is 11.4. The lowest BCUT2D eigenvalue weighted by Gasteiger charge is -2.07. The lowest BCUT2D eigenvalue weighted by molar-refractivity contribution is -0.119. The average molecular weight is 325 g/mol. The number of carbonyl (C=O) groups excluding carboxylic acids is 1. The van der Waals surface area contributed by atoms with E-state index >= 15 is 0 Å². The van der Waals surface area contributed by atoms with E-state index in [2.05, 4.69) is 5.16 Å². The zero-order chi connectivity index (χ0) is 16.3. The van der Waals surface area contributed by atoms with Crippen molar-refractivity contribution in [2.45, 2.75) is 31.7 Å². The van der Waals surface area contributed by atoms with Gasteiger partial charge in [-0.25, -0.2) is 13.1 Å². The topological polar surface area (TPSA) is 111 Å². The third kappa shape index (κ3) is 3.42. The highest BCUT2D eigenvalue weighted by molar-refractivity contribution is 7.90. The molecule has 0 radical (unpaired) electrons. The van der Waals surface area contributed by atoms with Gasteiger partial charge in [0.05, 0.1) is 0 Å². The Kier molecular flexibility index (Phi) is 4.45. The number of nitrogens with zero attached hydrogens (tertiary/aromatic N) is 2. The Hall–Kier alpha value is -2.42. The Morgan fingerprint density at radius 3 is 2.68 bits per heavy atom. The van der Waals surface area contributed by atoms with Crippen molar-refractivity contribution in [2.75, 3.05) is 0 Å². The van der Waals surface area contributed by atoms with Crippen LogP contribution in [0.1, 0.15) is 17.9 Å². The zero-order valence-electron chi connectivity index (χ0n) is 12.1. The van der Waals surface area contributed by atoms with Gasteiger partial charge in [-0.3, -0.25) is 9.59 Å². The Labute approximate surface area is 126 Å². The molecule has 118 valence electrons. The Morgan fingerprint density at radius 2 is 2.09 bits per heavy atom. The molecule has 2 rings (SSSR count). The second-order valence-corrected chi connectivity index (χ2v) is 6.28. The Morgan fingerprint density at radius 1 is 1.36 bits per heavy atom. The van der Waals surface area contributed by atoms with Crippen molar-refractivity contribution in [3.63, 3.8) is 0 Å². The molecule has 0 aliphatic carbocycles. The molecule has 9 heteroatoms. The van der Waals surface area contributed by atoms with Crippen LogP contribution in [0.15, 0.2) is 38.6 Å². The number of carbonyl (C=O) groups is 1. The lowest BCUT2D eigenvalue weighted by atomic mass is 10.4. The largest absolute Gasteiger partial charge is 0.360 e. The van der Waals surface area contributed by atoms with E-state index in [-0.39, 0.29) is 34.9 Å². The van der Waals surface area contributed by atoms with E-state index in [0.717, 1.165) is 0 Å². The molecule has 0 aliphatic rings. The highest BCUT2D eigenvalue weighted by Gasteiger charge is 2.25. The second kappa shape index (κ2) is 6.14. The number of aryl methyl sites for hydroxylation is 3. The van der Waals surface area contributed by atoms with Crippen LogP contribution in [0.25, 0.3) is 0 Å². The van der Waals surface area contributed by atoms with Gasteiger partial charge in [0, 0.05) is 25.2 Å². The van der Waals surface area contributed by atoms with Gasteiger partial charge in [-0.15, -0.1) is 0 Å². The average Bonchev–Trinajstić information content (AvgIpc) is 2.77. The van der Waals surface area contributed by atoms with E-state index in [1.165, 1.54) is 30.7 Å². The molecule has 0 aliphatic heterocycles. The maximum atomic E-state index is 12.1. The summed E-state index contributed by atoms with van der Waals surface area (Å²) in [4.78, 5) is 23.1. The van der Waals surface area contributed by atoms with Crippen molar-refractivity contribution in [1.29, 1.82) is 0 Å². The summed E-state index contributed by atoms with van der Waals surface area (Å²) >= 11 is 0. The number of sulfonamides is 1. The number of rotatable bonds is 5. The monoisotopic (exact) mass is 325 g/mol. The zero-order valence-corrected chi connectivity index (χ0v) is 12.9. The smallest absolute Gasteiger partial charge is 0.269 e. The summed E-state index contributed by atoms with van der Waals surface area (Å²) in [6.45, 7) is 3.00. The molecule has 0 aromatic carbocycles. The minimum absolute atomic E-state index is 0.0859. The van der Waals surface area contributed by atoms with Crippen LogP contribution in [0, 0.1) is 13.8 Å². The van der Waals surface area contributed by atoms with Gasteiger partial charge >= 0.3 is 0 Å². The first-order valence-electron chi connectivity index (χ1n) is 6.45. The first-order valence-corrected chi connectivity index (χ1v) is 7.93. The number of hydrogen-bond donors (Lipinski definition) is 1. The van der Waals surface area contributed by atoms with Gasteiger partial charge in [-0.1, -0.05) is 11.2 Å². The molecule has 0 bridgehead atoms. The van der Waals surface area contributed by atoms with Crippen molar-refractivity contribution in [3.8, 4) is 0 Å². The predicted octanol–water partition coefficient (Wildman–Crippen LogP) is 0.348. The van der Waals surface area contributed by atoms with Gasteiger partial charge in [-0.2, -0.15) is 0 Å². The Bertz CT molecular complexity index is 831. The van der Waals surface area contributed by atoms with Crippen LogP contribution in [0.3, 0.4) is 0 Å². The number of aromatic nitrogens is 2. The van der Waals surface area contributed by atoms with E-state index < -0.39 is 15.9 Å². The molecule has 2 heterocycles. The van der Waals surface area contributed by atoms with Gasteiger partial charge in [0.15, 0.2) is 10.7 Å². The summed E-state index contributed by atoms with van der Waals surface area (Å²) < 4.78 is 32.3. The fourth-order valence-corrected chi connectivity index (χ4v) is 3.32. The summed E-state index contributed by atoms with van der Waals surface area (Å²) in [5.74, 6) is -0.604. The first-order chi connectivity index (χ1) is 10.3. The maximum absolute atomic E-state index is 12.1. The third-order valence-electron chi connectivity index (χ3n) is 2.96. The van der Waals surface area contributed by atoms with Crippen molar-refractivity contribution in [2.24, 2.45) is 0 Å². The molecule has 8 nitrogen and oxygen atoms in total. The second-order valence-electron chi connectivity index (χ2n) is 4.66. The van der Waals surface area contributed by atoms with Gasteiger partial charge < -0.3 is 9.09 Å². The molecule has 0 spiro atoms. The van der Waals surface area contributed by atoms with Crippen LogP contribution in [-0.2, 0) is 21.4 Å². The van der Waals surface area contributed by atoms with Gasteiger partial charge in [0.1, 0.15) is 5.69 Å². The number of hydrogen-bond acceptors (Lipinski definition) is 6. The summed E-state index contributed by atoms with van der Waals surface area (Å²) in [6.07, 6.45) is 1.38. The molecule has 1 amide bonds. The lowest BCUT2D eigenvalue weighted by Crippen LogP contribution is -2.32. The minimum Gasteiger partial charge on any atom is -0.360 e. The van der Waals surface area contributed by atoms with Gasteiger partial charge in [0.2, 0.25) is 5.91 Å². The fourth-order valence-electron chi connectivity index (χ4n) is 1.98. The first kappa shape index (κ1) is 16.0. The molecule has 0 atom stereocenters. The molecule has 2 aromatic heterocycles. The quantitative estimate of drug-likeness (QED) is 0.849. The minimum atomic E-state index is -4.04. The van der Waals surface area contributed by atoms with E-state index in [4.69, 9.17) is 4.52 Å². The summed E-state index contributed by atoms with van der Waals surface area (Å²) in [5.41, 5.74) is -0.0824. The van der Waals surface area contributed by atoms with Gasteiger partial charge in [0.25, 0.3) is 15.6 Å². The SMILES string of the molecule is Cc1noc(C)c1S(=O)(=O)NC(=O)CCn1ccccc1=O. The van der Waals surface area contributed by atoms with E-state index in [0.29, 0.717) is 0 Å². The Balaban J connectivity index is 2.06. The van der Waals surface area contributed by atoms with Crippen molar-refractivity contribution in [1.82, 2.24) is 14.4 Å². The van der Waals surface area contributed by atoms with E-state index in [1.807, 2.05) is 4.72 Å². The van der Waals surface area contributed by atoms with E-state index in [9.17, 15) is 18.0 Å². The number of pyridine rings is 1. The molecule has 2 aromatic rings. The molecular formula is C13H15N3O5S. The summed E-state index contributed by atoms with van der Waals surface area (Å²) in [6, 6.07) is 4.60. The third-order valence-corrected chi connectivity index (χ3v) is 4.58. The van der Waals surface area contributed by atoms with E-state index in [1.54, 1.807) is 12.1 Å². The molecule has 0 fully saturated rings. The molecule has 0 unspecified atom stereocenters. The summed E-state index contributed by atoms with van der Waals surface area (Å²) in [7, 11) is -4.04. The summed E-state index contributed by atoms with van der Waals surface area (Å²) in [5, 5.41) is 3.54. The fraction of sp³-hybridized carbons (Fsp3) is 0.308. The highest BCUT2D eigenvalue weighted by Crippen LogP contribution is 2.18. The highest BCUT2D eigenvalue weighted by atomic mass is 32.2. The predicted molar refractivity (Wildman–Crippen MR) is 76.6 cm³/mol. The molecule has 0 saturated carbocycles. The number of amides is 1. The van der Waals surface area contributed by atoms with Crippen LogP contribution >= 0.6 is 0 Å². The van der Waals surface area contributed by atoms with Crippen LogP contribution in [0.5, 0.6) is 0 Å². The van der Waals surface area contributed by atoms with Crippen LogP contribution < -0.4 is 10.3 Å². The van der Waals surface area contributed by atoms with Crippen molar-refractivity contribution in [3.05, 3.63) is 46.2 Å². The number of nitrogens with one attached hydrogen (secondary N) is 1. The molecular weight excluding hydrogens is 310 g/mol. The van der Waals surface area contributed by atoms with Gasteiger partial charge in [-0.05, 0) is 19.9 Å². The van der Waals surface area contributed by atoms with Crippen molar-refractivity contribution < 1.29 is 17.7 Å². The van der Waals surface area contributed by atoms with Crippen LogP contribution in [-0.4, -0.2) is 24.0 Å². The van der Waals surface area contributed by atoms with Crippen LogP contribution in [0.2, 0.25) is 0 Å². The molecule has 1 N–H and O–H groups in total. The van der Waals surface area contributed by atoms with Crippen molar-refractivity contribution >= 4 is 15.9 Å². The molecule has 22 heavy (non-hydrogen) atoms.